The third-order valence-corrected chi connectivity index (χ3v) is 3.83. The molecule has 1 N–H and O–H groups in total. The second-order valence-corrected chi connectivity index (χ2v) is 4.76. The normalized spacial score (nSPS) is 12.1. The predicted molar refractivity (Wildman–Crippen MR) is 63.4 cm³/mol. The van der Waals surface area contributed by atoms with Crippen molar-refractivity contribution >= 4 is 29.0 Å². The molecule has 2 nitrogen and oxygen atoms in total. The van der Waals surface area contributed by atoms with Crippen molar-refractivity contribution in [2.45, 2.75) is 0 Å². The topological polar surface area (TPSA) is 32.9 Å². The van der Waals surface area contributed by atoms with E-state index in [1.807, 2.05) is 48.5 Å². The first-order valence-corrected chi connectivity index (χ1v) is 6.04. The number of rotatable bonds is 0. The summed E-state index contributed by atoms with van der Waals surface area (Å²) in [5, 5.41) is 3.10. The second-order valence-electron chi connectivity index (χ2n) is 3.47. The number of hydrogen-bond donors (Lipinski definition) is 1. The molecule has 0 saturated carbocycles. The predicted octanol–water partition coefficient (Wildman–Crippen LogP) is 4.06. The van der Waals surface area contributed by atoms with Crippen molar-refractivity contribution in [3.05, 3.63) is 48.5 Å². The maximum absolute atomic E-state index is 11.9. The van der Waals surface area contributed by atoms with Crippen molar-refractivity contribution in [3.63, 3.8) is 0 Å². The number of para-hydroxylation sites is 1. The maximum Gasteiger partial charge on any atom is 0.500 e. The molecule has 1 atom stereocenters. The molecule has 3 heteroatoms. The fraction of sp³-hybridized carbons (Fsp3) is 0. The Hall–Kier alpha value is -1.66. The van der Waals surface area contributed by atoms with Crippen LogP contribution in [0.5, 0.6) is 0 Å². The summed E-state index contributed by atoms with van der Waals surface area (Å²) < 4.78 is 14.9. The zero-order valence-electron chi connectivity index (χ0n) is 7.97. The number of aromatic amines is 1. The van der Waals surface area contributed by atoms with E-state index < -0.39 is 7.57 Å². The second kappa shape index (κ2) is 3.18. The molecule has 1 heterocycles. The smallest absolute Gasteiger partial charge is 0.174 e. The SMILES string of the molecule is O=[p+]1[nH]c2ccccc2c2ccccc21. The Morgan fingerprint density at radius 3 is 2.40 bits per heavy atom. The van der Waals surface area contributed by atoms with E-state index in [9.17, 15) is 4.57 Å². The van der Waals surface area contributed by atoms with Crippen LogP contribution in [0.15, 0.2) is 48.5 Å². The van der Waals surface area contributed by atoms with Gasteiger partial charge in [0.15, 0.2) is 0 Å². The number of benzene rings is 2. The van der Waals surface area contributed by atoms with E-state index in [0.717, 1.165) is 21.4 Å². The Labute approximate surface area is 87.4 Å². The minimum absolute atomic E-state index is 0.895. The van der Waals surface area contributed by atoms with E-state index >= 15 is 0 Å². The molecule has 1 unspecified atom stereocenters. The minimum atomic E-state index is -1.49. The van der Waals surface area contributed by atoms with Crippen molar-refractivity contribution in [1.29, 1.82) is 0 Å². The molecule has 0 bridgehead atoms. The van der Waals surface area contributed by atoms with Crippen molar-refractivity contribution in [2.75, 3.05) is 0 Å². The number of nitrogens with one attached hydrogen (secondary N) is 1. The third kappa shape index (κ3) is 1.26. The van der Waals surface area contributed by atoms with Gasteiger partial charge in [0.05, 0.1) is 5.52 Å². The van der Waals surface area contributed by atoms with Crippen molar-refractivity contribution in [1.82, 2.24) is 4.75 Å². The highest BCUT2D eigenvalue weighted by Crippen LogP contribution is 2.31. The molecule has 2 aromatic carbocycles. The van der Waals surface area contributed by atoms with E-state index in [-0.39, 0.29) is 0 Å². The van der Waals surface area contributed by atoms with Gasteiger partial charge < -0.3 is 0 Å². The van der Waals surface area contributed by atoms with Crippen molar-refractivity contribution < 1.29 is 4.57 Å². The highest BCUT2D eigenvalue weighted by Gasteiger charge is 2.11. The van der Waals surface area contributed by atoms with Crippen molar-refractivity contribution in [2.24, 2.45) is 0 Å². The van der Waals surface area contributed by atoms with Gasteiger partial charge in [0.25, 0.3) is 0 Å². The zero-order chi connectivity index (χ0) is 10.3. The van der Waals surface area contributed by atoms with Gasteiger partial charge in [0.1, 0.15) is 0 Å². The number of hydrogen-bond acceptors (Lipinski definition) is 1. The van der Waals surface area contributed by atoms with Crippen LogP contribution in [0.3, 0.4) is 0 Å². The molecule has 0 radical (unpaired) electrons. The summed E-state index contributed by atoms with van der Waals surface area (Å²) in [5.41, 5.74) is 0.956. The average molecular weight is 214 g/mol. The first kappa shape index (κ1) is 8.63. The quantitative estimate of drug-likeness (QED) is 0.562. The lowest BCUT2D eigenvalue weighted by Crippen LogP contribution is -1.77. The summed E-state index contributed by atoms with van der Waals surface area (Å²) in [6, 6.07) is 15.8. The molecule has 0 aliphatic rings. The molecule has 0 aliphatic heterocycles. The summed E-state index contributed by atoms with van der Waals surface area (Å²) in [4.78, 5) is 0. The summed E-state index contributed by atoms with van der Waals surface area (Å²) in [6.45, 7) is 0. The maximum atomic E-state index is 11.9. The summed E-state index contributed by atoms with van der Waals surface area (Å²) >= 11 is 0. The number of aromatic nitrogens is 1. The van der Waals surface area contributed by atoms with Gasteiger partial charge in [0.2, 0.25) is 5.12 Å². The van der Waals surface area contributed by atoms with Crippen LogP contribution in [0.25, 0.3) is 21.4 Å². The van der Waals surface area contributed by atoms with Gasteiger partial charge in [0, 0.05) is 10.8 Å². The third-order valence-electron chi connectivity index (χ3n) is 2.56. The zero-order valence-corrected chi connectivity index (χ0v) is 8.87. The molecular formula is C12H9NOP+. The van der Waals surface area contributed by atoms with Gasteiger partial charge in [-0.2, -0.15) is 4.75 Å². The lowest BCUT2D eigenvalue weighted by molar-refractivity contribution is 0.598. The molecule has 15 heavy (non-hydrogen) atoms. The molecular weight excluding hydrogens is 205 g/mol. The summed E-state index contributed by atoms with van der Waals surface area (Å²) in [6.07, 6.45) is 0. The van der Waals surface area contributed by atoms with E-state index in [1.165, 1.54) is 0 Å². The molecule has 0 saturated heterocycles. The lowest BCUT2D eigenvalue weighted by Gasteiger charge is -1.96. The van der Waals surface area contributed by atoms with Crippen LogP contribution in [0, 0.1) is 0 Å². The first-order chi connectivity index (χ1) is 7.36. The monoisotopic (exact) mass is 214 g/mol. The largest absolute Gasteiger partial charge is 0.500 e. The van der Waals surface area contributed by atoms with Gasteiger partial charge in [-0.15, -0.1) is 0 Å². The van der Waals surface area contributed by atoms with Gasteiger partial charge >= 0.3 is 7.57 Å². The lowest BCUT2D eigenvalue weighted by atomic mass is 10.1. The Morgan fingerprint density at radius 1 is 0.867 bits per heavy atom. The minimum Gasteiger partial charge on any atom is -0.174 e. The number of fused-ring (bicyclic) bond motifs is 3. The van der Waals surface area contributed by atoms with Crippen LogP contribution >= 0.6 is 7.57 Å². The van der Waals surface area contributed by atoms with Crippen LogP contribution in [0.1, 0.15) is 0 Å². The van der Waals surface area contributed by atoms with E-state index in [4.69, 9.17) is 0 Å². The van der Waals surface area contributed by atoms with Crippen LogP contribution < -0.4 is 0 Å². The standard InChI is InChI=1S/C12H9NOP/c14-15-12-8-4-2-6-10(12)9-5-1-3-7-11(9)13-15/h1-8H,(H,13,14)/q+1. The molecule has 1 aromatic heterocycles. The van der Waals surface area contributed by atoms with Gasteiger partial charge in [-0.3, -0.25) is 0 Å². The van der Waals surface area contributed by atoms with Gasteiger partial charge in [-0.25, -0.2) is 0 Å². The summed E-state index contributed by atoms with van der Waals surface area (Å²) in [7, 11) is -1.49. The average Bonchev–Trinajstić information content (AvgIpc) is 2.30. The van der Waals surface area contributed by atoms with Gasteiger partial charge in [-0.05, 0) is 22.8 Å². The van der Waals surface area contributed by atoms with Gasteiger partial charge in [-0.1, -0.05) is 30.3 Å². The fourth-order valence-electron chi connectivity index (χ4n) is 1.86. The Morgan fingerprint density at radius 2 is 1.53 bits per heavy atom. The summed E-state index contributed by atoms with van der Waals surface area (Å²) in [5.74, 6) is 0. The van der Waals surface area contributed by atoms with Crippen LogP contribution in [-0.4, -0.2) is 4.75 Å². The van der Waals surface area contributed by atoms with Crippen LogP contribution in [0.4, 0.5) is 0 Å². The Kier molecular flexibility index (Phi) is 1.83. The van der Waals surface area contributed by atoms with E-state index in [2.05, 4.69) is 4.75 Å². The van der Waals surface area contributed by atoms with Crippen LogP contribution in [0.2, 0.25) is 0 Å². The molecule has 3 aromatic rings. The van der Waals surface area contributed by atoms with E-state index in [0.29, 0.717) is 0 Å². The fourth-order valence-corrected chi connectivity index (χ4v) is 3.03. The molecule has 0 spiro atoms. The molecule has 0 aliphatic carbocycles. The molecule has 3 rings (SSSR count). The Balaban J connectivity index is 2.70. The van der Waals surface area contributed by atoms with Crippen LogP contribution in [-0.2, 0) is 4.57 Å². The Bertz CT molecular complexity index is 702. The molecule has 72 valence electrons. The first-order valence-electron chi connectivity index (χ1n) is 4.78. The number of H-pyrrole nitrogens is 1. The van der Waals surface area contributed by atoms with E-state index in [1.54, 1.807) is 0 Å². The van der Waals surface area contributed by atoms with Crippen molar-refractivity contribution in [3.8, 4) is 0 Å². The highest BCUT2D eigenvalue weighted by molar-refractivity contribution is 7.39. The highest BCUT2D eigenvalue weighted by atomic mass is 31.1. The molecule has 0 fully saturated rings. The molecule has 0 amide bonds.